The van der Waals surface area contributed by atoms with Crippen LogP contribution in [0.25, 0.3) is 0 Å². The fourth-order valence-corrected chi connectivity index (χ4v) is 3.48. The minimum Gasteiger partial charge on any atom is -0.355 e. The van der Waals surface area contributed by atoms with Gasteiger partial charge in [-0.15, -0.1) is 0 Å². The van der Waals surface area contributed by atoms with Crippen LogP contribution in [0.4, 0.5) is 0 Å². The molecule has 0 unspecified atom stereocenters. The molecule has 0 aliphatic rings. The molecule has 0 saturated heterocycles. The lowest BCUT2D eigenvalue weighted by Gasteiger charge is -2.18. The zero-order chi connectivity index (χ0) is 17.4. The van der Waals surface area contributed by atoms with Gasteiger partial charge in [0.25, 0.3) is 0 Å². The zero-order valence-electron chi connectivity index (χ0n) is 13.6. The molecule has 0 bridgehead atoms. The van der Waals surface area contributed by atoms with Crippen LogP contribution < -0.4 is 10.0 Å². The second-order valence-electron chi connectivity index (χ2n) is 5.47. The topological polar surface area (TPSA) is 75.3 Å². The van der Waals surface area contributed by atoms with E-state index in [4.69, 9.17) is 0 Å². The molecule has 24 heavy (non-hydrogen) atoms. The number of carbonyl (C=O) groups excluding carboxylic acids is 1. The van der Waals surface area contributed by atoms with Gasteiger partial charge in [-0.3, -0.25) is 4.79 Å². The Morgan fingerprint density at radius 2 is 1.58 bits per heavy atom. The van der Waals surface area contributed by atoms with E-state index in [0.29, 0.717) is 13.0 Å². The standard InChI is InChI=1S/C18H22N2O3S/c1-2-13-19-18(21)17(14-15-9-5-3-6-10-15)20-24(22,23)16-11-7-4-8-12-16/h3-12,17,20H,2,13-14H2,1H3,(H,19,21)/t17-/m0/s1. The van der Waals surface area contributed by atoms with E-state index in [1.807, 2.05) is 37.3 Å². The summed E-state index contributed by atoms with van der Waals surface area (Å²) >= 11 is 0. The molecular weight excluding hydrogens is 324 g/mol. The lowest BCUT2D eigenvalue weighted by molar-refractivity contribution is -0.122. The summed E-state index contributed by atoms with van der Waals surface area (Å²) < 4.78 is 27.6. The summed E-state index contributed by atoms with van der Waals surface area (Å²) in [4.78, 5) is 12.5. The van der Waals surface area contributed by atoms with Gasteiger partial charge in [-0.2, -0.15) is 4.72 Å². The molecule has 0 aliphatic heterocycles. The summed E-state index contributed by atoms with van der Waals surface area (Å²) in [5.74, 6) is -0.319. The van der Waals surface area contributed by atoms with Gasteiger partial charge in [0.1, 0.15) is 6.04 Å². The average Bonchev–Trinajstić information content (AvgIpc) is 2.60. The Bertz CT molecular complexity index is 746. The van der Waals surface area contributed by atoms with Crippen molar-refractivity contribution in [3.8, 4) is 0 Å². The predicted octanol–water partition coefficient (Wildman–Crippen LogP) is 2.10. The first kappa shape index (κ1) is 18.2. The molecule has 1 atom stereocenters. The van der Waals surface area contributed by atoms with Crippen molar-refractivity contribution in [2.75, 3.05) is 6.54 Å². The van der Waals surface area contributed by atoms with Gasteiger partial charge in [0.2, 0.25) is 15.9 Å². The molecule has 0 heterocycles. The SMILES string of the molecule is CCCNC(=O)[C@H](Cc1ccccc1)NS(=O)(=O)c1ccccc1. The lowest BCUT2D eigenvalue weighted by atomic mass is 10.1. The second-order valence-corrected chi connectivity index (χ2v) is 7.18. The van der Waals surface area contributed by atoms with Crippen molar-refractivity contribution in [2.24, 2.45) is 0 Å². The third kappa shape index (κ3) is 5.18. The number of hydrogen-bond donors (Lipinski definition) is 2. The third-order valence-electron chi connectivity index (χ3n) is 3.50. The van der Waals surface area contributed by atoms with Crippen molar-refractivity contribution in [3.05, 3.63) is 66.2 Å². The van der Waals surface area contributed by atoms with E-state index in [0.717, 1.165) is 12.0 Å². The summed E-state index contributed by atoms with van der Waals surface area (Å²) in [6.07, 6.45) is 1.08. The zero-order valence-corrected chi connectivity index (χ0v) is 14.4. The Morgan fingerprint density at radius 3 is 2.17 bits per heavy atom. The molecule has 2 aromatic carbocycles. The van der Waals surface area contributed by atoms with Crippen LogP contribution in [0.2, 0.25) is 0 Å². The first-order chi connectivity index (χ1) is 11.5. The van der Waals surface area contributed by atoms with Gasteiger partial charge in [-0.25, -0.2) is 8.42 Å². The Morgan fingerprint density at radius 1 is 1.00 bits per heavy atom. The van der Waals surface area contributed by atoms with Crippen LogP contribution in [0.1, 0.15) is 18.9 Å². The smallest absolute Gasteiger partial charge is 0.241 e. The Labute approximate surface area is 143 Å². The fraction of sp³-hybridized carbons (Fsp3) is 0.278. The van der Waals surface area contributed by atoms with Gasteiger partial charge < -0.3 is 5.32 Å². The fourth-order valence-electron chi connectivity index (χ4n) is 2.26. The number of carbonyl (C=O) groups is 1. The van der Waals surface area contributed by atoms with Gasteiger partial charge in [-0.1, -0.05) is 55.5 Å². The van der Waals surface area contributed by atoms with Crippen LogP contribution in [0.3, 0.4) is 0 Å². The Hall–Kier alpha value is -2.18. The summed E-state index contributed by atoms with van der Waals surface area (Å²) in [6.45, 7) is 2.46. The van der Waals surface area contributed by atoms with Gasteiger partial charge in [0, 0.05) is 6.54 Å². The molecule has 0 saturated carbocycles. The average molecular weight is 346 g/mol. The van der Waals surface area contributed by atoms with E-state index in [2.05, 4.69) is 10.0 Å². The molecule has 0 aromatic heterocycles. The minimum absolute atomic E-state index is 0.145. The maximum atomic E-state index is 12.5. The number of rotatable bonds is 8. The maximum Gasteiger partial charge on any atom is 0.241 e. The quantitative estimate of drug-likeness (QED) is 0.769. The number of amides is 1. The Balaban J connectivity index is 2.20. The van der Waals surface area contributed by atoms with E-state index < -0.39 is 16.1 Å². The number of benzene rings is 2. The van der Waals surface area contributed by atoms with E-state index in [9.17, 15) is 13.2 Å². The van der Waals surface area contributed by atoms with Crippen LogP contribution in [0.15, 0.2) is 65.6 Å². The second kappa shape index (κ2) is 8.61. The molecule has 1 amide bonds. The normalized spacial score (nSPS) is 12.5. The summed E-state index contributed by atoms with van der Waals surface area (Å²) in [6, 6.07) is 16.5. The highest BCUT2D eigenvalue weighted by Gasteiger charge is 2.25. The van der Waals surface area contributed by atoms with Crippen LogP contribution in [0.5, 0.6) is 0 Å². The maximum absolute atomic E-state index is 12.5. The summed E-state index contributed by atoms with van der Waals surface area (Å²) in [5, 5.41) is 2.76. The molecule has 128 valence electrons. The van der Waals surface area contributed by atoms with Crippen molar-refractivity contribution in [1.82, 2.24) is 10.0 Å². The van der Waals surface area contributed by atoms with E-state index >= 15 is 0 Å². The van der Waals surface area contributed by atoms with Crippen molar-refractivity contribution >= 4 is 15.9 Å². The molecule has 0 radical (unpaired) electrons. The highest BCUT2D eigenvalue weighted by atomic mass is 32.2. The number of nitrogens with one attached hydrogen (secondary N) is 2. The van der Waals surface area contributed by atoms with Crippen LogP contribution >= 0.6 is 0 Å². The van der Waals surface area contributed by atoms with Gasteiger partial charge in [0.15, 0.2) is 0 Å². The largest absolute Gasteiger partial charge is 0.355 e. The molecule has 2 rings (SSSR count). The highest BCUT2D eigenvalue weighted by Crippen LogP contribution is 2.11. The van der Waals surface area contributed by atoms with Gasteiger partial charge in [0.05, 0.1) is 4.90 Å². The van der Waals surface area contributed by atoms with Crippen LogP contribution in [-0.4, -0.2) is 26.9 Å². The summed E-state index contributed by atoms with van der Waals surface area (Å²) in [7, 11) is -3.76. The van der Waals surface area contributed by atoms with Crippen molar-refractivity contribution in [1.29, 1.82) is 0 Å². The lowest BCUT2D eigenvalue weighted by Crippen LogP contribution is -2.48. The van der Waals surface area contributed by atoms with E-state index in [1.165, 1.54) is 12.1 Å². The van der Waals surface area contributed by atoms with Crippen LogP contribution in [0, 0.1) is 0 Å². The molecular formula is C18H22N2O3S. The molecule has 2 N–H and O–H groups in total. The number of hydrogen-bond acceptors (Lipinski definition) is 3. The first-order valence-electron chi connectivity index (χ1n) is 7.92. The van der Waals surface area contributed by atoms with Crippen molar-refractivity contribution < 1.29 is 13.2 Å². The van der Waals surface area contributed by atoms with Crippen LogP contribution in [-0.2, 0) is 21.2 Å². The molecule has 2 aromatic rings. The molecule has 6 heteroatoms. The van der Waals surface area contributed by atoms with Crippen molar-refractivity contribution in [3.63, 3.8) is 0 Å². The predicted molar refractivity (Wildman–Crippen MR) is 94.0 cm³/mol. The van der Waals surface area contributed by atoms with E-state index in [-0.39, 0.29) is 10.8 Å². The Kier molecular flexibility index (Phi) is 6.52. The first-order valence-corrected chi connectivity index (χ1v) is 9.40. The minimum atomic E-state index is -3.76. The molecule has 0 fully saturated rings. The monoisotopic (exact) mass is 346 g/mol. The van der Waals surface area contributed by atoms with Crippen molar-refractivity contribution in [2.45, 2.75) is 30.7 Å². The van der Waals surface area contributed by atoms with Gasteiger partial charge >= 0.3 is 0 Å². The summed E-state index contributed by atoms with van der Waals surface area (Å²) in [5.41, 5.74) is 0.893. The highest BCUT2D eigenvalue weighted by molar-refractivity contribution is 7.89. The number of sulfonamides is 1. The molecule has 0 aliphatic carbocycles. The van der Waals surface area contributed by atoms with Gasteiger partial charge in [-0.05, 0) is 30.5 Å². The molecule has 5 nitrogen and oxygen atoms in total. The van der Waals surface area contributed by atoms with E-state index in [1.54, 1.807) is 18.2 Å². The molecule has 0 spiro atoms. The third-order valence-corrected chi connectivity index (χ3v) is 4.99.